The summed E-state index contributed by atoms with van der Waals surface area (Å²) in [5.74, 6) is 15.0. The summed E-state index contributed by atoms with van der Waals surface area (Å²) in [4.78, 5) is 0. The van der Waals surface area contributed by atoms with Crippen molar-refractivity contribution in [2.75, 3.05) is 0 Å². The maximum Gasteiger partial charge on any atom is -0.0215 e. The van der Waals surface area contributed by atoms with E-state index in [1.54, 1.807) is 57.8 Å². The molecule has 17 atom stereocenters. The van der Waals surface area contributed by atoms with Crippen molar-refractivity contribution in [3.05, 3.63) is 0 Å². The molecule has 6 rings (SSSR count). The van der Waals surface area contributed by atoms with Gasteiger partial charge in [0.25, 0.3) is 0 Å². The standard InChI is InChI=1S/C44H78/c1-26(2)34-14-13-15-36(22-34)37-17-16-33(21-37)20-35-18-19-38-24-42(10)25-43(11)23-28(5)39(27(3)4)31(8)44(43,12)32(9)41(42)30(7)40(38)29(35)6/h26-41H,13-25H2,1-12H3. The Morgan fingerprint density at radius 3 is 2.02 bits per heavy atom. The van der Waals surface area contributed by atoms with Gasteiger partial charge < -0.3 is 0 Å². The highest BCUT2D eigenvalue weighted by molar-refractivity contribution is 5.16. The van der Waals surface area contributed by atoms with Crippen molar-refractivity contribution in [2.45, 2.75) is 167 Å². The molecule has 0 aromatic heterocycles. The van der Waals surface area contributed by atoms with Crippen LogP contribution in [0, 0.1) is 111 Å². The van der Waals surface area contributed by atoms with Crippen LogP contribution in [-0.2, 0) is 0 Å². The molecule has 0 N–H and O–H groups in total. The SMILES string of the molecule is CC(C)C1CCCC(C2CCC(CC3CCC4CC5(C)CC6(C)CC(C)C(C(C)C)C(C)C6(C)C(C)C5C(C)C4C3C)C2)C1. The summed E-state index contributed by atoms with van der Waals surface area (Å²) in [5.41, 5.74) is 1.49. The molecule has 0 spiro atoms. The van der Waals surface area contributed by atoms with Crippen LogP contribution in [0.3, 0.4) is 0 Å². The molecule has 0 heterocycles. The topological polar surface area (TPSA) is 0 Å². The summed E-state index contributed by atoms with van der Waals surface area (Å²) in [6, 6.07) is 0. The zero-order valence-corrected chi connectivity index (χ0v) is 31.9. The normalized spacial score (nSPS) is 56.3. The van der Waals surface area contributed by atoms with Gasteiger partial charge in [-0.2, -0.15) is 0 Å². The first-order valence-corrected chi connectivity index (χ1v) is 20.6. The van der Waals surface area contributed by atoms with Gasteiger partial charge in [-0.15, -0.1) is 0 Å². The lowest BCUT2D eigenvalue weighted by Gasteiger charge is -2.73. The van der Waals surface area contributed by atoms with Crippen LogP contribution < -0.4 is 0 Å². The molecule has 0 aromatic rings. The maximum absolute atomic E-state index is 2.81. The summed E-state index contributed by atoms with van der Waals surface area (Å²) >= 11 is 0. The Hall–Kier alpha value is 0. The van der Waals surface area contributed by atoms with Crippen molar-refractivity contribution in [1.29, 1.82) is 0 Å². The Morgan fingerprint density at radius 2 is 1.34 bits per heavy atom. The van der Waals surface area contributed by atoms with Crippen LogP contribution >= 0.6 is 0 Å². The average Bonchev–Trinajstić information content (AvgIpc) is 3.40. The summed E-state index contributed by atoms with van der Waals surface area (Å²) in [6.07, 6.45) is 20.0. The Kier molecular flexibility index (Phi) is 9.36. The molecule has 0 aliphatic heterocycles. The molecule has 0 aromatic carbocycles. The molecule has 0 nitrogen and oxygen atoms in total. The lowest BCUT2D eigenvalue weighted by Crippen LogP contribution is -2.66. The van der Waals surface area contributed by atoms with Crippen molar-refractivity contribution in [3.63, 3.8) is 0 Å². The van der Waals surface area contributed by atoms with E-state index in [9.17, 15) is 0 Å². The highest BCUT2D eigenvalue weighted by Crippen LogP contribution is 2.75. The molecular formula is C44H78. The quantitative estimate of drug-likeness (QED) is 0.292. The van der Waals surface area contributed by atoms with Crippen molar-refractivity contribution in [1.82, 2.24) is 0 Å². The minimum atomic E-state index is 0.462. The second kappa shape index (κ2) is 12.2. The molecule has 0 heteroatoms. The van der Waals surface area contributed by atoms with Crippen LogP contribution in [0.4, 0.5) is 0 Å². The largest absolute Gasteiger partial charge is 0.0625 e. The van der Waals surface area contributed by atoms with Crippen LogP contribution in [0.15, 0.2) is 0 Å². The molecule has 254 valence electrons. The van der Waals surface area contributed by atoms with Crippen LogP contribution in [0.5, 0.6) is 0 Å². The number of hydrogen-bond donors (Lipinski definition) is 0. The monoisotopic (exact) mass is 607 g/mol. The maximum atomic E-state index is 2.81. The van der Waals surface area contributed by atoms with Gasteiger partial charge >= 0.3 is 0 Å². The van der Waals surface area contributed by atoms with Crippen LogP contribution in [0.25, 0.3) is 0 Å². The van der Waals surface area contributed by atoms with Crippen molar-refractivity contribution >= 4 is 0 Å². The van der Waals surface area contributed by atoms with Gasteiger partial charge in [0, 0.05) is 0 Å². The van der Waals surface area contributed by atoms with Gasteiger partial charge in [-0.05, 0) is 169 Å². The second-order valence-corrected chi connectivity index (χ2v) is 21.0. The molecule has 6 saturated carbocycles. The van der Waals surface area contributed by atoms with E-state index < -0.39 is 0 Å². The third-order valence-electron chi connectivity index (χ3n) is 18.4. The third kappa shape index (κ3) is 5.34. The van der Waals surface area contributed by atoms with E-state index in [2.05, 4.69) is 83.1 Å². The molecule has 17 unspecified atom stereocenters. The van der Waals surface area contributed by atoms with Gasteiger partial charge in [0.2, 0.25) is 0 Å². The summed E-state index contributed by atoms with van der Waals surface area (Å²) in [6.45, 7) is 32.1. The minimum Gasteiger partial charge on any atom is -0.0625 e. The number of hydrogen-bond acceptors (Lipinski definition) is 0. The minimum absolute atomic E-state index is 0.462. The number of fused-ring (bicyclic) bond motifs is 3. The second-order valence-electron chi connectivity index (χ2n) is 21.0. The van der Waals surface area contributed by atoms with Crippen LogP contribution in [-0.4, -0.2) is 0 Å². The Balaban J connectivity index is 1.16. The first-order valence-electron chi connectivity index (χ1n) is 20.6. The van der Waals surface area contributed by atoms with Gasteiger partial charge in [0.05, 0.1) is 0 Å². The van der Waals surface area contributed by atoms with E-state index >= 15 is 0 Å². The first-order chi connectivity index (χ1) is 20.6. The molecule has 0 amide bonds. The van der Waals surface area contributed by atoms with E-state index in [4.69, 9.17) is 0 Å². The van der Waals surface area contributed by atoms with E-state index in [0.29, 0.717) is 16.2 Å². The van der Waals surface area contributed by atoms with Crippen molar-refractivity contribution < 1.29 is 0 Å². The smallest absolute Gasteiger partial charge is 0.0215 e. The van der Waals surface area contributed by atoms with E-state index in [1.807, 2.05) is 0 Å². The van der Waals surface area contributed by atoms with Crippen molar-refractivity contribution in [3.8, 4) is 0 Å². The molecule has 0 bridgehead atoms. The number of rotatable bonds is 5. The fraction of sp³-hybridized carbons (Fsp3) is 1.00. The zero-order chi connectivity index (χ0) is 31.9. The van der Waals surface area contributed by atoms with Crippen LogP contribution in [0.1, 0.15) is 167 Å². The highest BCUT2D eigenvalue weighted by atomic mass is 14.7. The fourth-order valence-corrected chi connectivity index (χ4v) is 16.7. The molecule has 0 radical (unpaired) electrons. The molecule has 0 saturated heterocycles. The lowest BCUT2D eigenvalue weighted by molar-refractivity contribution is -0.246. The molecule has 6 aliphatic carbocycles. The third-order valence-corrected chi connectivity index (χ3v) is 18.4. The first kappa shape index (κ1) is 33.9. The van der Waals surface area contributed by atoms with Gasteiger partial charge in [-0.1, -0.05) is 109 Å². The Bertz CT molecular complexity index is 992. The zero-order valence-electron chi connectivity index (χ0n) is 31.9. The van der Waals surface area contributed by atoms with Gasteiger partial charge in [0.1, 0.15) is 0 Å². The lowest BCUT2D eigenvalue weighted by atomic mass is 9.32. The van der Waals surface area contributed by atoms with Crippen LogP contribution in [0.2, 0.25) is 0 Å². The Labute approximate surface area is 276 Å². The van der Waals surface area contributed by atoms with E-state index in [-0.39, 0.29) is 0 Å². The summed E-state index contributed by atoms with van der Waals surface area (Å²) < 4.78 is 0. The van der Waals surface area contributed by atoms with E-state index in [0.717, 1.165) is 94.7 Å². The predicted molar refractivity (Wildman–Crippen MR) is 191 cm³/mol. The average molecular weight is 607 g/mol. The fourth-order valence-electron chi connectivity index (χ4n) is 16.7. The molecule has 6 aliphatic rings. The molecule has 6 fully saturated rings. The molecular weight excluding hydrogens is 528 g/mol. The van der Waals surface area contributed by atoms with Gasteiger partial charge in [0.15, 0.2) is 0 Å². The highest BCUT2D eigenvalue weighted by Gasteiger charge is 2.68. The predicted octanol–water partition coefficient (Wildman–Crippen LogP) is 13.2. The van der Waals surface area contributed by atoms with Crippen molar-refractivity contribution in [2.24, 2.45) is 111 Å². The Morgan fingerprint density at radius 1 is 0.659 bits per heavy atom. The summed E-state index contributed by atoms with van der Waals surface area (Å²) in [5, 5.41) is 0. The molecule has 44 heavy (non-hydrogen) atoms. The van der Waals surface area contributed by atoms with Gasteiger partial charge in [-0.3, -0.25) is 0 Å². The van der Waals surface area contributed by atoms with Gasteiger partial charge in [-0.25, -0.2) is 0 Å². The van der Waals surface area contributed by atoms with E-state index in [1.165, 1.54) is 25.7 Å². The summed E-state index contributed by atoms with van der Waals surface area (Å²) in [7, 11) is 0.